The quantitative estimate of drug-likeness (QED) is 0.597. The van der Waals surface area contributed by atoms with E-state index in [2.05, 4.69) is 0 Å². The number of carbonyl (C=O) groups excluding carboxylic acids is 1. The minimum absolute atomic E-state index is 0.000947. The van der Waals surface area contributed by atoms with E-state index in [0.717, 1.165) is 16.9 Å². The first-order chi connectivity index (χ1) is 12.1. The number of ketones is 1. The van der Waals surface area contributed by atoms with Crippen molar-refractivity contribution in [3.63, 3.8) is 0 Å². The number of hydrogen-bond acceptors (Lipinski definition) is 2. The van der Waals surface area contributed by atoms with Gasteiger partial charge in [0.2, 0.25) is 0 Å². The fraction of sp³-hybridized carbons (Fsp3) is 0.0952. The average molecular weight is 350 g/mol. The molecule has 4 heteroatoms. The van der Waals surface area contributed by atoms with Crippen LogP contribution in [0.2, 0.25) is 5.02 Å². The molecule has 0 N–H and O–H groups in total. The fourth-order valence-electron chi connectivity index (χ4n) is 4.16. The van der Waals surface area contributed by atoms with E-state index in [9.17, 15) is 9.18 Å². The van der Waals surface area contributed by atoms with Crippen LogP contribution < -0.4 is 4.90 Å². The molecule has 25 heavy (non-hydrogen) atoms. The van der Waals surface area contributed by atoms with Gasteiger partial charge in [0.25, 0.3) is 0 Å². The Morgan fingerprint density at radius 1 is 0.920 bits per heavy atom. The Morgan fingerprint density at radius 2 is 1.64 bits per heavy atom. The van der Waals surface area contributed by atoms with Gasteiger partial charge in [-0.05, 0) is 42.0 Å². The Hall–Kier alpha value is -2.65. The number of nitrogens with zero attached hydrogens (tertiary/aromatic N) is 1. The predicted octanol–water partition coefficient (Wildman–Crippen LogP) is 5.27. The lowest BCUT2D eigenvalue weighted by atomic mass is 9.82. The van der Waals surface area contributed by atoms with Crippen LogP contribution in [0.4, 0.5) is 15.8 Å². The standard InChI is InChI=1S/C21H13ClFNO/c22-14-10-8-13(9-11-14)21-12-16-17(23)5-3-7-19(16)24(21)18-6-2-1-4-15(18)20(21)25/h1-11H,12H2. The molecule has 0 fully saturated rings. The lowest BCUT2D eigenvalue weighted by molar-refractivity contribution is 0.0909. The zero-order chi connectivity index (χ0) is 17.2. The van der Waals surface area contributed by atoms with Gasteiger partial charge in [0.15, 0.2) is 5.78 Å². The zero-order valence-electron chi connectivity index (χ0n) is 13.2. The third-order valence-corrected chi connectivity index (χ3v) is 5.49. The van der Waals surface area contributed by atoms with E-state index < -0.39 is 5.54 Å². The van der Waals surface area contributed by atoms with Crippen LogP contribution in [0.5, 0.6) is 0 Å². The Balaban J connectivity index is 1.84. The number of carbonyl (C=O) groups is 1. The van der Waals surface area contributed by atoms with E-state index in [-0.39, 0.29) is 11.6 Å². The molecule has 0 saturated carbocycles. The van der Waals surface area contributed by atoms with Gasteiger partial charge >= 0.3 is 0 Å². The summed E-state index contributed by atoms with van der Waals surface area (Å²) in [7, 11) is 0. The number of rotatable bonds is 1. The van der Waals surface area contributed by atoms with E-state index in [1.165, 1.54) is 6.07 Å². The van der Waals surface area contributed by atoms with Crippen LogP contribution in [0.1, 0.15) is 21.5 Å². The van der Waals surface area contributed by atoms with Gasteiger partial charge in [0.1, 0.15) is 11.4 Å². The number of Topliss-reactive ketones (excluding diaryl/α,β-unsaturated/α-hetero) is 1. The van der Waals surface area contributed by atoms with Crippen molar-refractivity contribution in [2.75, 3.05) is 4.90 Å². The molecule has 0 aliphatic carbocycles. The third kappa shape index (κ3) is 1.76. The molecule has 2 heterocycles. The van der Waals surface area contributed by atoms with Gasteiger partial charge in [-0.25, -0.2) is 4.39 Å². The molecule has 2 aliphatic heterocycles. The SMILES string of the molecule is O=C1c2ccccc2N2c3cccc(F)c3CC12c1ccc(Cl)cc1. The summed E-state index contributed by atoms with van der Waals surface area (Å²) in [6.45, 7) is 0. The van der Waals surface area contributed by atoms with Gasteiger partial charge in [-0.2, -0.15) is 0 Å². The summed E-state index contributed by atoms with van der Waals surface area (Å²) < 4.78 is 14.5. The van der Waals surface area contributed by atoms with Crippen molar-refractivity contribution in [2.24, 2.45) is 0 Å². The summed E-state index contributed by atoms with van der Waals surface area (Å²) in [5.41, 5.74) is 2.72. The number of halogens is 2. The molecule has 2 aliphatic rings. The Bertz CT molecular complexity index is 1030. The van der Waals surface area contributed by atoms with Crippen LogP contribution in [0.25, 0.3) is 0 Å². The summed E-state index contributed by atoms with van der Waals surface area (Å²) in [4.78, 5) is 15.5. The monoisotopic (exact) mass is 349 g/mol. The molecule has 0 aromatic heterocycles. The molecule has 0 amide bonds. The molecule has 1 atom stereocenters. The lowest BCUT2D eigenvalue weighted by Crippen LogP contribution is -2.43. The molecule has 5 rings (SSSR count). The first-order valence-corrected chi connectivity index (χ1v) is 8.48. The molecule has 0 radical (unpaired) electrons. The summed E-state index contributed by atoms with van der Waals surface area (Å²) in [5, 5.41) is 0.608. The van der Waals surface area contributed by atoms with Gasteiger partial charge in [-0.1, -0.05) is 41.9 Å². The van der Waals surface area contributed by atoms with Crippen molar-refractivity contribution in [1.29, 1.82) is 0 Å². The van der Waals surface area contributed by atoms with Gasteiger partial charge in [0.05, 0.1) is 5.69 Å². The largest absolute Gasteiger partial charge is 0.322 e. The maximum Gasteiger partial charge on any atom is 0.195 e. The van der Waals surface area contributed by atoms with Crippen LogP contribution in [0, 0.1) is 5.82 Å². The number of benzene rings is 3. The van der Waals surface area contributed by atoms with Crippen molar-refractivity contribution in [3.05, 3.63) is 94.3 Å². The number of hydrogen-bond donors (Lipinski definition) is 0. The zero-order valence-corrected chi connectivity index (χ0v) is 13.9. The predicted molar refractivity (Wildman–Crippen MR) is 96.1 cm³/mol. The second-order valence-corrected chi connectivity index (χ2v) is 6.90. The topological polar surface area (TPSA) is 20.3 Å². The van der Waals surface area contributed by atoms with Gasteiger partial charge in [0, 0.05) is 28.3 Å². The smallest absolute Gasteiger partial charge is 0.195 e. The lowest BCUT2D eigenvalue weighted by Gasteiger charge is -2.33. The highest BCUT2D eigenvalue weighted by molar-refractivity contribution is 6.30. The highest BCUT2D eigenvalue weighted by Gasteiger charge is 2.57. The Morgan fingerprint density at radius 3 is 2.44 bits per heavy atom. The molecule has 3 aromatic carbocycles. The maximum absolute atomic E-state index is 14.5. The van der Waals surface area contributed by atoms with Gasteiger partial charge in [-0.15, -0.1) is 0 Å². The highest BCUT2D eigenvalue weighted by atomic mass is 35.5. The average Bonchev–Trinajstić information content (AvgIpc) is 3.10. The van der Waals surface area contributed by atoms with E-state index in [0.29, 0.717) is 22.6 Å². The van der Waals surface area contributed by atoms with Crippen LogP contribution in [0.15, 0.2) is 66.7 Å². The molecular formula is C21H13ClFNO. The molecule has 3 aromatic rings. The third-order valence-electron chi connectivity index (χ3n) is 5.24. The summed E-state index contributed by atoms with van der Waals surface area (Å²) in [5.74, 6) is -0.272. The molecule has 2 nitrogen and oxygen atoms in total. The number of fused-ring (bicyclic) bond motifs is 5. The van der Waals surface area contributed by atoms with Gasteiger partial charge in [-0.3, -0.25) is 4.79 Å². The van der Waals surface area contributed by atoms with Crippen LogP contribution in [0.3, 0.4) is 0 Å². The molecule has 1 unspecified atom stereocenters. The molecular weight excluding hydrogens is 337 g/mol. The van der Waals surface area contributed by atoms with Crippen molar-refractivity contribution < 1.29 is 9.18 Å². The summed E-state index contributed by atoms with van der Waals surface area (Å²) in [6.07, 6.45) is 0.310. The first kappa shape index (κ1) is 14.7. The fourth-order valence-corrected chi connectivity index (χ4v) is 4.29. The van der Waals surface area contributed by atoms with Crippen LogP contribution in [-0.4, -0.2) is 5.78 Å². The highest BCUT2D eigenvalue weighted by Crippen LogP contribution is 2.56. The molecule has 0 spiro atoms. The summed E-state index contributed by atoms with van der Waals surface area (Å²) >= 11 is 6.04. The van der Waals surface area contributed by atoms with Crippen molar-refractivity contribution >= 4 is 28.8 Å². The summed E-state index contributed by atoms with van der Waals surface area (Å²) in [6, 6.07) is 19.8. The van der Waals surface area contributed by atoms with Crippen molar-refractivity contribution in [3.8, 4) is 0 Å². The minimum Gasteiger partial charge on any atom is -0.322 e. The number of anilines is 2. The van der Waals surface area contributed by atoms with Crippen molar-refractivity contribution in [2.45, 2.75) is 12.0 Å². The molecule has 122 valence electrons. The second-order valence-electron chi connectivity index (χ2n) is 6.46. The van der Waals surface area contributed by atoms with Crippen LogP contribution >= 0.6 is 11.6 Å². The van der Waals surface area contributed by atoms with Crippen molar-refractivity contribution in [1.82, 2.24) is 0 Å². The normalized spacial score (nSPS) is 20.4. The van der Waals surface area contributed by atoms with Gasteiger partial charge < -0.3 is 4.90 Å². The number of para-hydroxylation sites is 1. The van der Waals surface area contributed by atoms with E-state index in [4.69, 9.17) is 11.6 Å². The minimum atomic E-state index is -0.946. The first-order valence-electron chi connectivity index (χ1n) is 8.10. The Kier molecular flexibility index (Phi) is 2.89. The second kappa shape index (κ2) is 4.93. The molecule has 0 saturated heterocycles. The molecule has 0 bridgehead atoms. The van der Waals surface area contributed by atoms with E-state index in [1.54, 1.807) is 18.2 Å². The van der Waals surface area contributed by atoms with E-state index >= 15 is 0 Å². The Labute approximate surface area is 149 Å². The van der Waals surface area contributed by atoms with Crippen LogP contribution in [-0.2, 0) is 12.0 Å². The maximum atomic E-state index is 14.5. The van der Waals surface area contributed by atoms with E-state index in [1.807, 2.05) is 47.4 Å².